The van der Waals surface area contributed by atoms with Crippen LogP contribution in [0.2, 0.25) is 0 Å². The van der Waals surface area contributed by atoms with Crippen LogP contribution in [-0.4, -0.2) is 63.8 Å². The van der Waals surface area contributed by atoms with Gasteiger partial charge in [0.2, 0.25) is 10.0 Å². The summed E-state index contributed by atoms with van der Waals surface area (Å²) in [5.74, 6) is 2.37. The Morgan fingerprint density at radius 3 is 2.28 bits per heavy atom. The molecule has 3 heterocycles. The first kappa shape index (κ1) is 17.4. The third-order valence-electron chi connectivity index (χ3n) is 5.94. The second-order valence-corrected chi connectivity index (χ2v) is 10.0. The summed E-state index contributed by atoms with van der Waals surface area (Å²) in [6.45, 7) is 4.42. The molecule has 140 valence electrons. The summed E-state index contributed by atoms with van der Waals surface area (Å²) >= 11 is 0. The third-order valence-corrected chi connectivity index (χ3v) is 8.34. The Bertz CT molecular complexity index is 699. The van der Waals surface area contributed by atoms with E-state index >= 15 is 0 Å². The molecule has 25 heavy (non-hydrogen) atoms. The average molecular weight is 368 g/mol. The molecule has 0 aromatic carbocycles. The van der Waals surface area contributed by atoms with Gasteiger partial charge in [0.05, 0.1) is 11.8 Å². The summed E-state index contributed by atoms with van der Waals surface area (Å²) in [6, 6.07) is 0. The van der Waals surface area contributed by atoms with E-state index in [0.29, 0.717) is 19.0 Å². The number of rotatable bonds is 5. The van der Waals surface area contributed by atoms with Gasteiger partial charge in [-0.25, -0.2) is 12.7 Å². The number of hydrogen-bond acceptors (Lipinski definition) is 5. The molecule has 7 nitrogen and oxygen atoms in total. The zero-order chi connectivity index (χ0) is 17.4. The molecule has 0 radical (unpaired) electrons. The van der Waals surface area contributed by atoms with Crippen LogP contribution >= 0.6 is 0 Å². The molecule has 0 unspecified atom stereocenters. The number of aromatic nitrogens is 3. The van der Waals surface area contributed by atoms with Gasteiger partial charge in [0.15, 0.2) is 0 Å². The van der Waals surface area contributed by atoms with Gasteiger partial charge in [-0.15, -0.1) is 10.2 Å². The van der Waals surface area contributed by atoms with Crippen molar-refractivity contribution in [2.45, 2.75) is 62.7 Å². The van der Waals surface area contributed by atoms with E-state index in [2.05, 4.69) is 26.7 Å². The van der Waals surface area contributed by atoms with Crippen LogP contribution in [0.15, 0.2) is 0 Å². The van der Waals surface area contributed by atoms with E-state index in [1.807, 2.05) is 0 Å². The van der Waals surface area contributed by atoms with Crippen LogP contribution in [0.1, 0.15) is 62.5 Å². The highest BCUT2D eigenvalue weighted by atomic mass is 32.2. The minimum Gasteiger partial charge on any atom is -0.317 e. The molecular weight excluding hydrogens is 338 g/mol. The van der Waals surface area contributed by atoms with Crippen molar-refractivity contribution in [3.05, 3.63) is 11.6 Å². The molecule has 3 fully saturated rings. The van der Waals surface area contributed by atoms with E-state index in [0.717, 1.165) is 57.0 Å². The summed E-state index contributed by atoms with van der Waals surface area (Å²) in [6.07, 6.45) is 7.26. The topological polar surface area (TPSA) is 71.3 Å². The van der Waals surface area contributed by atoms with Crippen LogP contribution in [0.3, 0.4) is 0 Å². The lowest BCUT2D eigenvalue weighted by Gasteiger charge is -2.31. The van der Waals surface area contributed by atoms with Crippen molar-refractivity contribution in [3.8, 4) is 0 Å². The number of piperidine rings is 2. The van der Waals surface area contributed by atoms with E-state index in [9.17, 15) is 8.42 Å². The van der Waals surface area contributed by atoms with E-state index in [4.69, 9.17) is 0 Å². The summed E-state index contributed by atoms with van der Waals surface area (Å²) in [5, 5.41) is 8.79. The fraction of sp³-hybridized carbons (Fsp3) is 0.882. The molecule has 1 aromatic rings. The highest BCUT2D eigenvalue weighted by molar-refractivity contribution is 7.90. The van der Waals surface area contributed by atoms with Crippen LogP contribution in [-0.2, 0) is 23.6 Å². The van der Waals surface area contributed by atoms with E-state index in [-0.39, 0.29) is 5.25 Å². The number of likely N-dealkylation sites (tertiary alicyclic amines) is 1. The average Bonchev–Trinajstić information content (AvgIpc) is 3.43. The zero-order valence-corrected chi connectivity index (χ0v) is 15.9. The Hall–Kier alpha value is -0.990. The van der Waals surface area contributed by atoms with E-state index in [1.54, 1.807) is 4.31 Å². The molecule has 2 aliphatic heterocycles. The van der Waals surface area contributed by atoms with Gasteiger partial charge in [-0.3, -0.25) is 4.90 Å². The van der Waals surface area contributed by atoms with Crippen molar-refractivity contribution >= 4 is 10.0 Å². The Labute approximate surface area is 150 Å². The number of hydrogen-bond donors (Lipinski definition) is 0. The quantitative estimate of drug-likeness (QED) is 0.788. The van der Waals surface area contributed by atoms with Gasteiger partial charge < -0.3 is 4.57 Å². The predicted octanol–water partition coefficient (Wildman–Crippen LogP) is 1.47. The first-order valence-corrected chi connectivity index (χ1v) is 11.2. The lowest BCUT2D eigenvalue weighted by Crippen LogP contribution is -2.40. The zero-order valence-electron chi connectivity index (χ0n) is 15.1. The van der Waals surface area contributed by atoms with Gasteiger partial charge in [0.1, 0.15) is 11.6 Å². The molecule has 0 atom stereocenters. The summed E-state index contributed by atoms with van der Waals surface area (Å²) in [5.41, 5.74) is 0. The molecule has 2 saturated heterocycles. The van der Waals surface area contributed by atoms with Crippen molar-refractivity contribution in [3.63, 3.8) is 0 Å². The number of sulfonamides is 1. The van der Waals surface area contributed by atoms with Crippen LogP contribution in [0, 0.1) is 0 Å². The summed E-state index contributed by atoms with van der Waals surface area (Å²) < 4.78 is 28.6. The predicted molar refractivity (Wildman–Crippen MR) is 95.6 cm³/mol. The highest BCUT2D eigenvalue weighted by Gasteiger charge is 2.41. The van der Waals surface area contributed by atoms with Gasteiger partial charge in [0.25, 0.3) is 0 Å². The summed E-state index contributed by atoms with van der Waals surface area (Å²) in [4.78, 5) is 2.46. The van der Waals surface area contributed by atoms with E-state index < -0.39 is 10.0 Å². The first-order chi connectivity index (χ1) is 12.1. The molecule has 0 spiro atoms. The molecule has 1 aromatic heterocycles. The van der Waals surface area contributed by atoms with Crippen LogP contribution in [0.4, 0.5) is 0 Å². The normalized spacial score (nSPS) is 24.7. The third kappa shape index (κ3) is 3.61. The van der Waals surface area contributed by atoms with Crippen LogP contribution in [0.25, 0.3) is 0 Å². The van der Waals surface area contributed by atoms with Gasteiger partial charge in [-0.05, 0) is 51.6 Å². The Balaban J connectivity index is 1.38. The molecule has 4 rings (SSSR count). The maximum atomic E-state index is 12.4. The standard InChI is InChI=1S/C17H29N5O2S/c1-20-16(13-21-9-3-2-4-10-21)18-19-17(20)14-7-11-22(12-8-14)25(23,24)15-5-6-15/h14-15H,2-13H2,1H3. The lowest BCUT2D eigenvalue weighted by molar-refractivity contribution is 0.213. The smallest absolute Gasteiger partial charge is 0.216 e. The second-order valence-electron chi connectivity index (χ2n) is 7.79. The van der Waals surface area contributed by atoms with Crippen molar-refractivity contribution in [1.29, 1.82) is 0 Å². The maximum Gasteiger partial charge on any atom is 0.216 e. The SMILES string of the molecule is Cn1c(CN2CCCCC2)nnc1C1CCN(S(=O)(=O)C2CC2)CC1. The Morgan fingerprint density at radius 1 is 0.960 bits per heavy atom. The van der Waals surface area contributed by atoms with Crippen molar-refractivity contribution in [2.24, 2.45) is 7.05 Å². The van der Waals surface area contributed by atoms with Gasteiger partial charge >= 0.3 is 0 Å². The number of nitrogens with zero attached hydrogens (tertiary/aromatic N) is 5. The summed E-state index contributed by atoms with van der Waals surface area (Å²) in [7, 11) is -0.977. The first-order valence-electron chi connectivity index (χ1n) is 9.65. The molecule has 1 aliphatic carbocycles. The minimum atomic E-state index is -3.03. The fourth-order valence-corrected chi connectivity index (χ4v) is 6.00. The lowest BCUT2D eigenvalue weighted by atomic mass is 9.97. The second kappa shape index (κ2) is 6.96. The van der Waals surface area contributed by atoms with Crippen molar-refractivity contribution in [1.82, 2.24) is 24.0 Å². The van der Waals surface area contributed by atoms with Crippen molar-refractivity contribution in [2.75, 3.05) is 26.2 Å². The van der Waals surface area contributed by atoms with Crippen LogP contribution < -0.4 is 0 Å². The molecular formula is C17H29N5O2S. The Kier molecular flexibility index (Phi) is 4.85. The largest absolute Gasteiger partial charge is 0.317 e. The minimum absolute atomic E-state index is 0.102. The van der Waals surface area contributed by atoms with Crippen molar-refractivity contribution < 1.29 is 8.42 Å². The Morgan fingerprint density at radius 2 is 1.64 bits per heavy atom. The highest BCUT2D eigenvalue weighted by Crippen LogP contribution is 2.35. The van der Waals surface area contributed by atoms with Gasteiger partial charge in [-0.2, -0.15) is 0 Å². The van der Waals surface area contributed by atoms with Gasteiger partial charge in [0, 0.05) is 26.1 Å². The molecule has 3 aliphatic rings. The molecule has 0 bridgehead atoms. The monoisotopic (exact) mass is 367 g/mol. The molecule has 0 N–H and O–H groups in total. The van der Waals surface area contributed by atoms with Crippen LogP contribution in [0.5, 0.6) is 0 Å². The fourth-order valence-electron chi connectivity index (χ4n) is 4.13. The molecule has 0 amide bonds. The van der Waals surface area contributed by atoms with Gasteiger partial charge in [-0.1, -0.05) is 6.42 Å². The molecule has 1 saturated carbocycles. The van der Waals surface area contributed by atoms with E-state index in [1.165, 1.54) is 19.3 Å². The molecule has 8 heteroatoms. The maximum absolute atomic E-state index is 12.4.